The van der Waals surface area contributed by atoms with Crippen molar-refractivity contribution >= 4 is 27.4 Å². The molecule has 3 aromatic rings. The number of morpholine rings is 1. The van der Waals surface area contributed by atoms with Crippen LogP contribution in [0, 0.1) is 11.6 Å². The monoisotopic (exact) mass is 574 g/mol. The molecule has 10 nitrogen and oxygen atoms in total. The average Bonchev–Trinajstić information content (AvgIpc) is 2.88. The van der Waals surface area contributed by atoms with E-state index in [1.165, 1.54) is 0 Å². The Balaban J connectivity index is 1.62. The summed E-state index contributed by atoms with van der Waals surface area (Å²) in [7, 11) is -0.295. The molecule has 0 unspecified atom stereocenters. The molecule has 0 saturated carbocycles. The van der Waals surface area contributed by atoms with Crippen molar-refractivity contribution in [2.45, 2.75) is 23.6 Å². The Labute approximate surface area is 232 Å². The van der Waals surface area contributed by atoms with Crippen LogP contribution in [0.5, 0.6) is 0 Å². The fourth-order valence-corrected chi connectivity index (χ4v) is 5.45. The fraction of sp³-hybridized carbons (Fsp3) is 0.370. The fourth-order valence-electron chi connectivity index (χ4n) is 4.16. The lowest BCUT2D eigenvalue weighted by Gasteiger charge is -2.34. The van der Waals surface area contributed by atoms with Gasteiger partial charge in [-0.25, -0.2) is 32.0 Å². The highest BCUT2D eigenvalue weighted by molar-refractivity contribution is 7.90. The first kappa shape index (κ1) is 29.3. The molecule has 13 heteroatoms. The van der Waals surface area contributed by atoms with Crippen LogP contribution in [0.4, 0.5) is 25.1 Å². The van der Waals surface area contributed by atoms with Crippen molar-refractivity contribution in [3.8, 4) is 11.4 Å². The van der Waals surface area contributed by atoms with Gasteiger partial charge in [-0.15, -0.1) is 0 Å². The molecule has 1 aromatic heterocycles. The molecule has 1 fully saturated rings. The van der Waals surface area contributed by atoms with E-state index in [4.69, 9.17) is 9.72 Å². The number of urea groups is 1. The zero-order chi connectivity index (χ0) is 28.9. The molecule has 0 spiro atoms. The number of rotatable bonds is 9. The summed E-state index contributed by atoms with van der Waals surface area (Å²) in [5, 5.41) is 5.53. The number of nitrogens with one attached hydrogen (secondary N) is 2. The van der Waals surface area contributed by atoms with Crippen LogP contribution < -0.4 is 15.5 Å². The summed E-state index contributed by atoms with van der Waals surface area (Å²) in [5.74, 6) is -1.76. The van der Waals surface area contributed by atoms with Gasteiger partial charge in [0.25, 0.3) is 0 Å². The van der Waals surface area contributed by atoms with E-state index in [0.29, 0.717) is 56.0 Å². The van der Waals surface area contributed by atoms with Gasteiger partial charge in [-0.1, -0.05) is 0 Å². The maximum Gasteiger partial charge on any atom is 0.319 e. The quantitative estimate of drug-likeness (QED) is 0.400. The first-order valence-corrected chi connectivity index (χ1v) is 14.4. The Bertz CT molecular complexity index is 1430. The lowest BCUT2D eigenvalue weighted by atomic mass is 10.2. The third kappa shape index (κ3) is 7.71. The topological polar surface area (TPSA) is 117 Å². The summed E-state index contributed by atoms with van der Waals surface area (Å²) in [6.07, 6.45) is 0. The predicted octanol–water partition coefficient (Wildman–Crippen LogP) is 3.30. The number of ether oxygens (including phenoxy) is 1. The number of halogens is 2. The highest BCUT2D eigenvalue weighted by Gasteiger charge is 2.24. The van der Waals surface area contributed by atoms with E-state index < -0.39 is 32.1 Å². The Kier molecular flexibility index (Phi) is 9.28. The summed E-state index contributed by atoms with van der Waals surface area (Å²) in [4.78, 5) is 24.8. The molecule has 0 aliphatic carbocycles. The number of anilines is 2. The molecular formula is C27H32F2N6O4S. The van der Waals surface area contributed by atoms with Crippen molar-refractivity contribution in [2.24, 2.45) is 0 Å². The number of carbonyl (C=O) groups excluding carboxylic acids is 1. The second-order valence-electron chi connectivity index (χ2n) is 9.78. The number of benzene rings is 2. The number of aromatic nitrogens is 2. The number of nitrogens with zero attached hydrogens (tertiary/aromatic N) is 4. The van der Waals surface area contributed by atoms with E-state index in [9.17, 15) is 22.0 Å². The standard InChI is InChI=1S/C27H32F2N6O4S/c1-18-16-39-11-10-35(18)25-15-23(17-40(37,38)24-13-20(28)12-21(29)14-24)31-26(33-25)19-4-6-22(7-5-19)32-27(36)30-8-9-34(2)3/h4-7,12-15,18H,8-11,16-17H2,1-3H3,(H2,30,32,36)/t18-/m0/s1. The van der Waals surface area contributed by atoms with Crippen molar-refractivity contribution in [1.29, 1.82) is 0 Å². The maximum atomic E-state index is 13.8. The van der Waals surface area contributed by atoms with Gasteiger partial charge in [0.2, 0.25) is 0 Å². The summed E-state index contributed by atoms with van der Waals surface area (Å²) in [6, 6.07) is 10.2. The van der Waals surface area contributed by atoms with E-state index >= 15 is 0 Å². The van der Waals surface area contributed by atoms with Crippen LogP contribution in [0.15, 0.2) is 53.4 Å². The Morgan fingerprint density at radius 1 is 1.10 bits per heavy atom. The molecule has 2 N–H and O–H groups in total. The van der Waals surface area contributed by atoms with Crippen molar-refractivity contribution in [3.63, 3.8) is 0 Å². The van der Waals surface area contributed by atoms with Crippen LogP contribution in [0.1, 0.15) is 12.6 Å². The molecule has 2 heterocycles. The molecule has 1 saturated heterocycles. The van der Waals surface area contributed by atoms with Gasteiger partial charge in [0.15, 0.2) is 15.7 Å². The molecule has 1 aliphatic rings. The molecular weight excluding hydrogens is 542 g/mol. The lowest BCUT2D eigenvalue weighted by molar-refractivity contribution is 0.0985. The van der Waals surface area contributed by atoms with Gasteiger partial charge in [0.1, 0.15) is 17.5 Å². The SMILES string of the molecule is C[C@H]1COCCN1c1cc(CS(=O)(=O)c2cc(F)cc(F)c2)nc(-c2ccc(NC(=O)NCCN(C)C)cc2)n1. The van der Waals surface area contributed by atoms with Crippen LogP contribution in [-0.2, 0) is 20.3 Å². The zero-order valence-electron chi connectivity index (χ0n) is 22.5. The first-order valence-electron chi connectivity index (χ1n) is 12.7. The molecule has 0 radical (unpaired) electrons. The number of amides is 2. The van der Waals surface area contributed by atoms with Gasteiger partial charge in [-0.3, -0.25) is 0 Å². The van der Waals surface area contributed by atoms with Gasteiger partial charge in [0.05, 0.1) is 35.6 Å². The number of likely N-dealkylation sites (N-methyl/N-ethyl adjacent to an activating group) is 1. The van der Waals surface area contributed by atoms with Crippen molar-refractivity contribution in [3.05, 3.63) is 65.9 Å². The molecule has 2 aromatic carbocycles. The Morgan fingerprint density at radius 2 is 1.80 bits per heavy atom. The third-order valence-corrected chi connectivity index (χ3v) is 7.84. The number of hydrogen-bond acceptors (Lipinski definition) is 8. The first-order chi connectivity index (χ1) is 19.0. The van der Waals surface area contributed by atoms with E-state index in [0.717, 1.165) is 12.1 Å². The Hall–Kier alpha value is -3.68. The minimum Gasteiger partial charge on any atom is -0.377 e. The van der Waals surface area contributed by atoms with E-state index in [2.05, 4.69) is 15.6 Å². The van der Waals surface area contributed by atoms with Gasteiger partial charge >= 0.3 is 6.03 Å². The molecule has 214 valence electrons. The second-order valence-corrected chi connectivity index (χ2v) is 11.8. The summed E-state index contributed by atoms with van der Waals surface area (Å²) in [6.45, 7) is 4.67. The van der Waals surface area contributed by atoms with Crippen molar-refractivity contribution in [1.82, 2.24) is 20.2 Å². The van der Waals surface area contributed by atoms with Crippen LogP contribution >= 0.6 is 0 Å². The molecule has 0 bridgehead atoms. The number of carbonyl (C=O) groups is 1. The van der Waals surface area contributed by atoms with Gasteiger partial charge in [-0.2, -0.15) is 0 Å². The smallest absolute Gasteiger partial charge is 0.319 e. The van der Waals surface area contributed by atoms with Crippen molar-refractivity contribution in [2.75, 3.05) is 57.2 Å². The lowest BCUT2D eigenvalue weighted by Crippen LogP contribution is -2.44. The van der Waals surface area contributed by atoms with Crippen LogP contribution in [-0.4, -0.2) is 82.3 Å². The molecule has 1 atom stereocenters. The Morgan fingerprint density at radius 3 is 2.45 bits per heavy atom. The second kappa shape index (κ2) is 12.7. The molecule has 4 rings (SSSR count). The van der Waals surface area contributed by atoms with E-state index in [1.54, 1.807) is 30.3 Å². The largest absolute Gasteiger partial charge is 0.377 e. The summed E-state index contributed by atoms with van der Waals surface area (Å²) >= 11 is 0. The summed E-state index contributed by atoms with van der Waals surface area (Å²) < 4.78 is 59.2. The normalized spacial score (nSPS) is 15.8. The highest BCUT2D eigenvalue weighted by atomic mass is 32.2. The number of hydrogen-bond donors (Lipinski definition) is 2. The van der Waals surface area contributed by atoms with E-state index in [-0.39, 0.29) is 23.6 Å². The third-order valence-electron chi connectivity index (χ3n) is 6.21. The minimum absolute atomic E-state index is 0.0177. The molecule has 2 amide bonds. The summed E-state index contributed by atoms with van der Waals surface area (Å²) in [5.41, 5.74) is 1.32. The molecule has 40 heavy (non-hydrogen) atoms. The van der Waals surface area contributed by atoms with Gasteiger partial charge < -0.3 is 25.2 Å². The van der Waals surface area contributed by atoms with E-state index in [1.807, 2.05) is 30.8 Å². The number of sulfone groups is 1. The predicted molar refractivity (Wildman–Crippen MR) is 148 cm³/mol. The maximum absolute atomic E-state index is 13.8. The van der Waals surface area contributed by atoms with Gasteiger partial charge in [-0.05, 0) is 57.4 Å². The zero-order valence-corrected chi connectivity index (χ0v) is 23.3. The van der Waals surface area contributed by atoms with Crippen LogP contribution in [0.2, 0.25) is 0 Å². The molecule has 1 aliphatic heterocycles. The van der Waals surface area contributed by atoms with Crippen LogP contribution in [0.25, 0.3) is 11.4 Å². The minimum atomic E-state index is -4.12. The highest BCUT2D eigenvalue weighted by Crippen LogP contribution is 2.26. The average molecular weight is 575 g/mol. The van der Waals surface area contributed by atoms with Crippen LogP contribution in [0.3, 0.4) is 0 Å². The van der Waals surface area contributed by atoms with Crippen molar-refractivity contribution < 1.29 is 26.7 Å². The van der Waals surface area contributed by atoms with Gasteiger partial charge in [0, 0.05) is 43.0 Å².